The average molecular weight is 232 g/mol. The smallest absolute Gasteiger partial charge is 0.481 e. The number of nitrogen functional groups attached to an aromatic ring is 1. The molecule has 7 heteroatoms. The van der Waals surface area contributed by atoms with Crippen LogP contribution in [-0.4, -0.2) is 18.1 Å². The first-order valence-electron chi connectivity index (χ1n) is 4.52. The van der Waals surface area contributed by atoms with E-state index in [1.165, 1.54) is 13.0 Å². The molecule has 0 aliphatic heterocycles. The third-order valence-corrected chi connectivity index (χ3v) is 2.26. The third-order valence-electron chi connectivity index (χ3n) is 2.26. The zero-order valence-electron chi connectivity index (χ0n) is 8.51. The molecule has 88 valence electrons. The van der Waals surface area contributed by atoms with E-state index >= 15 is 0 Å². The number of carboxylic acid groups (broad SMARTS) is 1. The highest BCUT2D eigenvalue weighted by molar-refractivity contribution is 6.74. The molecule has 0 amide bonds. The van der Waals surface area contributed by atoms with Crippen molar-refractivity contribution in [1.82, 2.24) is 0 Å². The first kappa shape index (κ1) is 12.4. The van der Waals surface area contributed by atoms with Crippen molar-refractivity contribution in [2.45, 2.75) is 13.3 Å². The van der Waals surface area contributed by atoms with Gasteiger partial charge in [0.2, 0.25) is 0 Å². The fourth-order valence-electron chi connectivity index (χ4n) is 1.44. The fraction of sp³-hybridized carbons (Fsp3) is 0.222. The van der Waals surface area contributed by atoms with E-state index in [4.69, 9.17) is 10.8 Å². The molecule has 0 saturated carbocycles. The van der Waals surface area contributed by atoms with Gasteiger partial charge in [-0.1, -0.05) is 11.6 Å². The van der Waals surface area contributed by atoms with Crippen LogP contribution in [0.15, 0.2) is 12.1 Å². The standard InChI is InChI=1S/C9H10BF3NO2/c1-5-7(10(11,12)13)2-6(3-8(5)14)4-9(15)16/h2-3H,4,14H2,1H3,(H,15,16)/q-1. The van der Waals surface area contributed by atoms with E-state index < -0.39 is 24.8 Å². The van der Waals surface area contributed by atoms with Crippen LogP contribution in [0, 0.1) is 6.92 Å². The number of hydrogen-bond acceptors (Lipinski definition) is 2. The van der Waals surface area contributed by atoms with E-state index in [0.717, 1.165) is 6.07 Å². The highest BCUT2D eigenvalue weighted by atomic mass is 19.4. The van der Waals surface area contributed by atoms with Gasteiger partial charge in [0.25, 0.3) is 0 Å². The molecule has 0 aromatic heterocycles. The second-order valence-corrected chi connectivity index (χ2v) is 3.54. The SMILES string of the molecule is Cc1c(N)cc(CC(=O)O)cc1[B-](F)(F)F. The lowest BCUT2D eigenvalue weighted by molar-refractivity contribution is -0.136. The van der Waals surface area contributed by atoms with Crippen molar-refractivity contribution in [3.63, 3.8) is 0 Å². The van der Waals surface area contributed by atoms with Gasteiger partial charge in [0.1, 0.15) is 0 Å². The Morgan fingerprint density at radius 3 is 2.44 bits per heavy atom. The normalized spacial score (nSPS) is 11.5. The molecule has 16 heavy (non-hydrogen) atoms. The van der Waals surface area contributed by atoms with Crippen LogP contribution >= 0.6 is 0 Å². The zero-order chi connectivity index (χ0) is 12.5. The minimum absolute atomic E-state index is 0.0343. The number of anilines is 1. The molecule has 0 atom stereocenters. The lowest BCUT2D eigenvalue weighted by Crippen LogP contribution is -2.37. The lowest BCUT2D eigenvalue weighted by Gasteiger charge is -2.20. The van der Waals surface area contributed by atoms with E-state index in [1.807, 2.05) is 0 Å². The summed E-state index contributed by atoms with van der Waals surface area (Å²) in [4.78, 5) is 10.4. The Morgan fingerprint density at radius 2 is 2.00 bits per heavy atom. The molecule has 0 radical (unpaired) electrons. The van der Waals surface area contributed by atoms with Crippen LogP contribution < -0.4 is 11.2 Å². The summed E-state index contributed by atoms with van der Waals surface area (Å²) in [7, 11) is 0. The van der Waals surface area contributed by atoms with Crippen LogP contribution in [0.3, 0.4) is 0 Å². The average Bonchev–Trinajstić information content (AvgIpc) is 2.08. The van der Waals surface area contributed by atoms with Gasteiger partial charge in [0.15, 0.2) is 0 Å². The number of carboxylic acids is 1. The molecule has 0 bridgehead atoms. The summed E-state index contributed by atoms with van der Waals surface area (Å²) in [6, 6.07) is 2.11. The maximum atomic E-state index is 12.6. The minimum atomic E-state index is -5.17. The first-order valence-corrected chi connectivity index (χ1v) is 4.52. The van der Waals surface area contributed by atoms with E-state index in [2.05, 4.69) is 0 Å². The van der Waals surface area contributed by atoms with E-state index in [1.54, 1.807) is 0 Å². The van der Waals surface area contributed by atoms with Crippen LogP contribution in [-0.2, 0) is 11.2 Å². The van der Waals surface area contributed by atoms with Gasteiger partial charge in [-0.3, -0.25) is 4.79 Å². The van der Waals surface area contributed by atoms with Gasteiger partial charge in [-0.2, -0.15) is 0 Å². The molecule has 0 fully saturated rings. The molecule has 0 heterocycles. The van der Waals surface area contributed by atoms with Crippen molar-refractivity contribution in [2.75, 3.05) is 5.73 Å². The molecular formula is C9H10BF3NO2-. The van der Waals surface area contributed by atoms with Crippen molar-refractivity contribution in [3.05, 3.63) is 23.3 Å². The molecule has 1 rings (SSSR count). The Labute approximate surface area is 90.1 Å². The summed E-state index contributed by atoms with van der Waals surface area (Å²) in [6.45, 7) is -3.90. The summed E-state index contributed by atoms with van der Waals surface area (Å²) in [5.74, 6) is -1.19. The second kappa shape index (κ2) is 4.07. The topological polar surface area (TPSA) is 63.3 Å². The molecule has 0 aliphatic rings. The van der Waals surface area contributed by atoms with Crippen LogP contribution in [0.25, 0.3) is 0 Å². The van der Waals surface area contributed by atoms with Gasteiger partial charge in [-0.25, -0.2) is 0 Å². The van der Waals surface area contributed by atoms with Crippen molar-refractivity contribution in [3.8, 4) is 0 Å². The number of rotatable bonds is 3. The molecule has 1 aromatic carbocycles. The molecule has 0 aliphatic carbocycles. The van der Waals surface area contributed by atoms with Crippen LogP contribution in [0.2, 0.25) is 0 Å². The number of nitrogens with two attached hydrogens (primary N) is 1. The second-order valence-electron chi connectivity index (χ2n) is 3.54. The minimum Gasteiger partial charge on any atom is -0.481 e. The van der Waals surface area contributed by atoms with Gasteiger partial charge in [0.05, 0.1) is 6.42 Å². The zero-order valence-corrected chi connectivity index (χ0v) is 8.51. The predicted molar refractivity (Wildman–Crippen MR) is 55.6 cm³/mol. The monoisotopic (exact) mass is 232 g/mol. The van der Waals surface area contributed by atoms with Crippen molar-refractivity contribution >= 4 is 24.1 Å². The summed E-state index contributed by atoms with van der Waals surface area (Å²) in [5.41, 5.74) is 4.56. The lowest BCUT2D eigenvalue weighted by atomic mass is 9.75. The summed E-state index contributed by atoms with van der Waals surface area (Å²) in [6.07, 6.45) is -0.469. The van der Waals surface area contributed by atoms with Crippen molar-refractivity contribution < 1.29 is 22.8 Å². The maximum Gasteiger partial charge on any atom is 0.509 e. The van der Waals surface area contributed by atoms with Crippen molar-refractivity contribution in [2.24, 2.45) is 0 Å². The number of aliphatic carboxylic acids is 1. The Morgan fingerprint density at radius 1 is 1.44 bits per heavy atom. The van der Waals surface area contributed by atoms with Gasteiger partial charge < -0.3 is 23.8 Å². The summed E-state index contributed by atoms with van der Waals surface area (Å²) >= 11 is 0. The van der Waals surface area contributed by atoms with Crippen LogP contribution in [0.5, 0.6) is 0 Å². The van der Waals surface area contributed by atoms with E-state index in [-0.39, 0.29) is 16.8 Å². The number of benzene rings is 1. The van der Waals surface area contributed by atoms with Gasteiger partial charge in [0, 0.05) is 5.69 Å². The summed E-state index contributed by atoms with van der Waals surface area (Å²) < 4.78 is 37.8. The Bertz CT molecular complexity index is 431. The van der Waals surface area contributed by atoms with Gasteiger partial charge in [-0.15, -0.1) is 5.46 Å². The maximum absolute atomic E-state index is 12.6. The van der Waals surface area contributed by atoms with E-state index in [0.29, 0.717) is 0 Å². The Kier molecular flexibility index (Phi) is 3.16. The molecule has 3 nitrogen and oxygen atoms in total. The largest absolute Gasteiger partial charge is 0.509 e. The Balaban J connectivity index is 3.28. The molecule has 3 N–H and O–H groups in total. The van der Waals surface area contributed by atoms with Crippen molar-refractivity contribution in [1.29, 1.82) is 0 Å². The molecule has 0 unspecified atom stereocenters. The summed E-state index contributed by atoms with van der Waals surface area (Å²) in [5, 5.41) is 8.50. The number of hydrogen-bond donors (Lipinski definition) is 2. The quantitative estimate of drug-likeness (QED) is 0.609. The molecule has 0 saturated heterocycles. The highest BCUT2D eigenvalue weighted by Crippen LogP contribution is 2.18. The highest BCUT2D eigenvalue weighted by Gasteiger charge is 2.28. The Hall–Kier alpha value is -1.66. The first-order chi connectivity index (χ1) is 7.21. The molecule has 1 aromatic rings. The van der Waals surface area contributed by atoms with Gasteiger partial charge >= 0.3 is 12.9 Å². The molecular weight excluding hydrogens is 222 g/mol. The fourth-order valence-corrected chi connectivity index (χ4v) is 1.44. The van der Waals surface area contributed by atoms with Crippen LogP contribution in [0.1, 0.15) is 11.1 Å². The van der Waals surface area contributed by atoms with Gasteiger partial charge in [-0.05, 0) is 18.6 Å². The predicted octanol–water partition coefficient (Wildman–Crippen LogP) is 1.26. The third kappa shape index (κ3) is 2.68. The number of halogens is 3. The number of carbonyl (C=O) groups is 1. The molecule has 0 spiro atoms. The van der Waals surface area contributed by atoms with Crippen LogP contribution in [0.4, 0.5) is 18.6 Å². The van der Waals surface area contributed by atoms with E-state index in [9.17, 15) is 17.7 Å².